The van der Waals surface area contributed by atoms with E-state index in [4.69, 9.17) is 5.11 Å². The standard InChI is InChI=1S/C14H9F3N2O4/c15-14(16,17)10-3-1-2-8(4-10)9-5-12(19(22)23)11(18-7-9)6-13(20)21/h1-5,7H,6H2,(H,20,21). The number of hydrogen-bond acceptors (Lipinski definition) is 4. The first-order valence-electron chi connectivity index (χ1n) is 6.21. The van der Waals surface area contributed by atoms with E-state index in [0.717, 1.165) is 24.4 Å². The van der Waals surface area contributed by atoms with Crippen molar-refractivity contribution in [3.05, 3.63) is 57.9 Å². The second-order valence-electron chi connectivity index (χ2n) is 4.60. The molecule has 1 heterocycles. The van der Waals surface area contributed by atoms with Gasteiger partial charge in [-0.2, -0.15) is 13.2 Å². The summed E-state index contributed by atoms with van der Waals surface area (Å²) >= 11 is 0. The summed E-state index contributed by atoms with van der Waals surface area (Å²) < 4.78 is 38.1. The third kappa shape index (κ3) is 3.82. The van der Waals surface area contributed by atoms with Gasteiger partial charge in [-0.15, -0.1) is 0 Å². The molecule has 2 rings (SSSR count). The number of carbonyl (C=O) groups is 1. The van der Waals surface area contributed by atoms with E-state index in [-0.39, 0.29) is 16.8 Å². The highest BCUT2D eigenvalue weighted by atomic mass is 19.4. The zero-order valence-corrected chi connectivity index (χ0v) is 11.4. The molecule has 0 bridgehead atoms. The summed E-state index contributed by atoms with van der Waals surface area (Å²) in [5.41, 5.74) is -1.53. The van der Waals surface area contributed by atoms with Gasteiger partial charge in [-0.1, -0.05) is 12.1 Å². The average molecular weight is 326 g/mol. The number of halogens is 3. The second-order valence-corrected chi connectivity index (χ2v) is 4.60. The van der Waals surface area contributed by atoms with Crippen molar-refractivity contribution in [2.75, 3.05) is 0 Å². The summed E-state index contributed by atoms with van der Waals surface area (Å²) in [5.74, 6) is -1.30. The Morgan fingerprint density at radius 1 is 1.26 bits per heavy atom. The Morgan fingerprint density at radius 2 is 1.96 bits per heavy atom. The van der Waals surface area contributed by atoms with E-state index in [1.165, 1.54) is 12.1 Å². The van der Waals surface area contributed by atoms with Crippen LogP contribution in [0.15, 0.2) is 36.5 Å². The summed E-state index contributed by atoms with van der Waals surface area (Å²) in [4.78, 5) is 24.6. The average Bonchev–Trinajstić information content (AvgIpc) is 2.46. The lowest BCUT2D eigenvalue weighted by Crippen LogP contribution is -2.07. The molecule has 9 heteroatoms. The minimum Gasteiger partial charge on any atom is -0.481 e. The minimum atomic E-state index is -4.54. The maximum absolute atomic E-state index is 12.7. The lowest BCUT2D eigenvalue weighted by molar-refractivity contribution is -0.385. The Morgan fingerprint density at radius 3 is 2.52 bits per heavy atom. The predicted molar refractivity (Wildman–Crippen MR) is 72.7 cm³/mol. The zero-order chi connectivity index (χ0) is 17.2. The molecule has 120 valence electrons. The smallest absolute Gasteiger partial charge is 0.416 e. The van der Waals surface area contributed by atoms with Crippen LogP contribution in [0.4, 0.5) is 18.9 Å². The monoisotopic (exact) mass is 326 g/mol. The molecule has 0 atom stereocenters. The highest BCUT2D eigenvalue weighted by Crippen LogP contribution is 2.33. The van der Waals surface area contributed by atoms with Crippen molar-refractivity contribution in [3.8, 4) is 11.1 Å². The van der Waals surface area contributed by atoms with Crippen LogP contribution in [-0.4, -0.2) is 21.0 Å². The van der Waals surface area contributed by atoms with Crippen LogP contribution in [0.25, 0.3) is 11.1 Å². The number of nitro groups is 1. The van der Waals surface area contributed by atoms with Crippen molar-refractivity contribution in [1.82, 2.24) is 4.98 Å². The molecule has 6 nitrogen and oxygen atoms in total. The molecule has 0 saturated carbocycles. The predicted octanol–water partition coefficient (Wildman–Crippen LogP) is 3.30. The SMILES string of the molecule is O=C(O)Cc1ncc(-c2cccc(C(F)(F)F)c2)cc1[N+](=O)[O-]. The number of alkyl halides is 3. The third-order valence-corrected chi connectivity index (χ3v) is 2.99. The van der Waals surface area contributed by atoms with E-state index in [2.05, 4.69) is 4.98 Å². The summed E-state index contributed by atoms with van der Waals surface area (Å²) in [6.07, 6.45) is -4.08. The molecule has 1 aromatic heterocycles. The van der Waals surface area contributed by atoms with Gasteiger partial charge in [0.1, 0.15) is 5.69 Å². The van der Waals surface area contributed by atoms with Gasteiger partial charge < -0.3 is 5.11 Å². The van der Waals surface area contributed by atoms with Crippen molar-refractivity contribution in [3.63, 3.8) is 0 Å². The molecule has 0 amide bonds. The highest BCUT2D eigenvalue weighted by Gasteiger charge is 2.30. The van der Waals surface area contributed by atoms with Crippen molar-refractivity contribution in [2.24, 2.45) is 0 Å². The molecule has 0 spiro atoms. The number of nitrogens with zero attached hydrogens (tertiary/aromatic N) is 2. The number of aliphatic carboxylic acids is 1. The van der Waals surface area contributed by atoms with E-state index in [9.17, 15) is 28.1 Å². The summed E-state index contributed by atoms with van der Waals surface area (Å²) in [6.45, 7) is 0. The Bertz CT molecular complexity index is 775. The molecule has 2 aromatic rings. The third-order valence-electron chi connectivity index (χ3n) is 2.99. The molecule has 0 unspecified atom stereocenters. The fraction of sp³-hybridized carbons (Fsp3) is 0.143. The first-order chi connectivity index (χ1) is 10.7. The molecule has 0 aliphatic carbocycles. The zero-order valence-electron chi connectivity index (χ0n) is 11.4. The van der Waals surface area contributed by atoms with Crippen LogP contribution in [0.2, 0.25) is 0 Å². The van der Waals surface area contributed by atoms with E-state index >= 15 is 0 Å². The first kappa shape index (κ1) is 16.4. The number of carboxylic acids is 1. The van der Waals surface area contributed by atoms with Gasteiger partial charge in [0.25, 0.3) is 5.69 Å². The fourth-order valence-electron chi connectivity index (χ4n) is 1.95. The number of aromatic nitrogens is 1. The van der Waals surface area contributed by atoms with E-state index < -0.39 is 34.7 Å². The van der Waals surface area contributed by atoms with Gasteiger partial charge in [-0.25, -0.2) is 0 Å². The van der Waals surface area contributed by atoms with Crippen molar-refractivity contribution < 1.29 is 28.0 Å². The second kappa shape index (κ2) is 6.03. The van der Waals surface area contributed by atoms with Gasteiger partial charge >= 0.3 is 12.1 Å². The molecule has 0 fully saturated rings. The first-order valence-corrected chi connectivity index (χ1v) is 6.21. The molecule has 0 aliphatic heterocycles. The Kier molecular flexibility index (Phi) is 4.30. The van der Waals surface area contributed by atoms with Crippen LogP contribution in [-0.2, 0) is 17.4 Å². The normalized spacial score (nSPS) is 11.3. The number of hydrogen-bond donors (Lipinski definition) is 1. The van der Waals surface area contributed by atoms with Gasteiger partial charge in [-0.3, -0.25) is 19.9 Å². The van der Waals surface area contributed by atoms with Gasteiger partial charge in [-0.05, 0) is 17.7 Å². The fourth-order valence-corrected chi connectivity index (χ4v) is 1.95. The Labute approximate surface area is 127 Å². The van der Waals surface area contributed by atoms with Gasteiger partial charge in [0.05, 0.1) is 16.9 Å². The molecular formula is C14H9F3N2O4. The molecule has 0 aliphatic rings. The van der Waals surface area contributed by atoms with Crippen LogP contribution < -0.4 is 0 Å². The van der Waals surface area contributed by atoms with Crippen LogP contribution in [0.3, 0.4) is 0 Å². The highest BCUT2D eigenvalue weighted by molar-refractivity contribution is 5.73. The number of carboxylic acid groups (broad SMARTS) is 1. The maximum atomic E-state index is 12.7. The lowest BCUT2D eigenvalue weighted by atomic mass is 10.0. The van der Waals surface area contributed by atoms with E-state index in [0.29, 0.717) is 0 Å². The Hall–Kier alpha value is -2.97. The molecule has 0 saturated heterocycles. The number of benzene rings is 1. The van der Waals surface area contributed by atoms with Crippen LogP contribution in [0.1, 0.15) is 11.3 Å². The maximum Gasteiger partial charge on any atom is 0.416 e. The minimum absolute atomic E-state index is 0.0944. The Balaban J connectivity index is 2.51. The molecular weight excluding hydrogens is 317 g/mol. The summed E-state index contributed by atoms with van der Waals surface area (Å²) in [7, 11) is 0. The van der Waals surface area contributed by atoms with Crippen LogP contribution >= 0.6 is 0 Å². The number of rotatable bonds is 4. The van der Waals surface area contributed by atoms with E-state index in [1.54, 1.807) is 0 Å². The lowest BCUT2D eigenvalue weighted by Gasteiger charge is -2.09. The van der Waals surface area contributed by atoms with Gasteiger partial charge in [0.2, 0.25) is 0 Å². The van der Waals surface area contributed by atoms with Crippen LogP contribution in [0.5, 0.6) is 0 Å². The van der Waals surface area contributed by atoms with Crippen molar-refractivity contribution >= 4 is 11.7 Å². The topological polar surface area (TPSA) is 93.3 Å². The quantitative estimate of drug-likeness (QED) is 0.687. The van der Waals surface area contributed by atoms with Crippen molar-refractivity contribution in [1.29, 1.82) is 0 Å². The van der Waals surface area contributed by atoms with Crippen molar-refractivity contribution in [2.45, 2.75) is 12.6 Å². The van der Waals surface area contributed by atoms with Crippen LogP contribution in [0, 0.1) is 10.1 Å². The molecule has 1 aromatic carbocycles. The van der Waals surface area contributed by atoms with Gasteiger partial charge in [0.15, 0.2) is 0 Å². The number of pyridine rings is 1. The largest absolute Gasteiger partial charge is 0.481 e. The molecule has 1 N–H and O–H groups in total. The molecule has 23 heavy (non-hydrogen) atoms. The molecule has 0 radical (unpaired) electrons. The summed E-state index contributed by atoms with van der Waals surface area (Å²) in [5, 5.41) is 19.7. The van der Waals surface area contributed by atoms with Gasteiger partial charge in [0, 0.05) is 17.8 Å². The van der Waals surface area contributed by atoms with E-state index in [1.807, 2.05) is 0 Å². The summed E-state index contributed by atoms with van der Waals surface area (Å²) in [6, 6.07) is 5.27.